The van der Waals surface area contributed by atoms with Gasteiger partial charge < -0.3 is 4.57 Å². The summed E-state index contributed by atoms with van der Waals surface area (Å²) in [4.78, 5) is 17.7. The Morgan fingerprint density at radius 3 is 2.45 bits per heavy atom. The average Bonchev–Trinajstić information content (AvgIpc) is 2.99. The van der Waals surface area contributed by atoms with Crippen LogP contribution in [0.5, 0.6) is 0 Å². The van der Waals surface area contributed by atoms with Crippen LogP contribution in [0.4, 0.5) is 0 Å². The molecule has 2 aromatic carbocycles. The van der Waals surface area contributed by atoms with Gasteiger partial charge in [0, 0.05) is 0 Å². The molecule has 150 valence electrons. The maximum atomic E-state index is 12.5. The first-order valence-electron chi connectivity index (χ1n) is 9.18. The normalized spacial score (nSPS) is 12.3. The lowest BCUT2D eigenvalue weighted by atomic mass is 10.1. The number of carbonyl (C=O) groups is 1. The molecule has 0 unspecified atom stereocenters. The van der Waals surface area contributed by atoms with Crippen molar-refractivity contribution in [2.75, 3.05) is 5.75 Å². The number of rotatable bonds is 5. The van der Waals surface area contributed by atoms with E-state index < -0.39 is 9.84 Å². The number of carbonyl (C=O) groups excluding carboxylic acids is 1. The molecule has 0 atom stereocenters. The Morgan fingerprint density at radius 2 is 1.83 bits per heavy atom. The number of nitrogens with zero attached hydrogens (tertiary/aromatic N) is 2. The molecule has 3 rings (SSSR count). The number of fused-ring (bicyclic) bond motifs is 1. The van der Waals surface area contributed by atoms with E-state index in [0.717, 1.165) is 15.8 Å². The van der Waals surface area contributed by atoms with Crippen LogP contribution in [0, 0.1) is 26.2 Å². The minimum Gasteiger partial charge on any atom is -0.305 e. The fraction of sp³-hybridized carbons (Fsp3) is 0.273. The van der Waals surface area contributed by atoms with Crippen molar-refractivity contribution in [3.05, 3.63) is 57.9 Å². The monoisotopic (exact) mass is 426 g/mol. The number of aryl methyl sites for hydroxylation is 2. The molecular formula is C22H22N2O3S2. The van der Waals surface area contributed by atoms with Gasteiger partial charge in [-0.1, -0.05) is 36.3 Å². The van der Waals surface area contributed by atoms with Crippen LogP contribution in [0.2, 0.25) is 0 Å². The first-order chi connectivity index (χ1) is 13.7. The fourth-order valence-corrected chi connectivity index (χ4v) is 4.96. The lowest BCUT2D eigenvalue weighted by molar-refractivity contribution is -0.117. The molecule has 1 aromatic heterocycles. The van der Waals surface area contributed by atoms with E-state index in [1.807, 2.05) is 18.4 Å². The van der Waals surface area contributed by atoms with Crippen LogP contribution >= 0.6 is 11.3 Å². The molecule has 5 nitrogen and oxygen atoms in total. The SMILES string of the molecule is C#CCn1c(=NC(=O)Cc2ccc(S(=O)(=O)CC)cc2)sc2cc(C)c(C)cc21. The van der Waals surface area contributed by atoms with Gasteiger partial charge in [-0.15, -0.1) is 6.42 Å². The third kappa shape index (κ3) is 4.50. The summed E-state index contributed by atoms with van der Waals surface area (Å²) in [6.45, 7) is 6.02. The highest BCUT2D eigenvalue weighted by molar-refractivity contribution is 7.91. The van der Waals surface area contributed by atoms with Crippen molar-refractivity contribution in [2.45, 2.75) is 38.6 Å². The minimum atomic E-state index is -3.25. The second kappa shape index (κ2) is 8.36. The van der Waals surface area contributed by atoms with Crippen LogP contribution < -0.4 is 4.80 Å². The molecule has 29 heavy (non-hydrogen) atoms. The highest BCUT2D eigenvalue weighted by Crippen LogP contribution is 2.22. The number of sulfone groups is 1. The standard InChI is InChI=1S/C22H22N2O3S2/c1-5-11-24-19-12-15(3)16(4)13-20(19)28-22(24)23-21(25)14-17-7-9-18(10-8-17)29(26,27)6-2/h1,7-10,12-13H,6,11,14H2,2-4H3. The van der Waals surface area contributed by atoms with Gasteiger partial charge in [0.1, 0.15) is 0 Å². The zero-order valence-electron chi connectivity index (χ0n) is 16.6. The Kier molecular flexibility index (Phi) is 6.06. The van der Waals surface area contributed by atoms with Crippen LogP contribution in [0.25, 0.3) is 10.2 Å². The van der Waals surface area contributed by atoms with Gasteiger partial charge in [0.25, 0.3) is 5.91 Å². The van der Waals surface area contributed by atoms with E-state index in [1.54, 1.807) is 19.1 Å². The number of amides is 1. The van der Waals surface area contributed by atoms with Crippen LogP contribution in [-0.4, -0.2) is 24.6 Å². The van der Waals surface area contributed by atoms with Crippen LogP contribution in [-0.2, 0) is 27.6 Å². The molecule has 1 heterocycles. The molecule has 0 radical (unpaired) electrons. The maximum Gasteiger partial charge on any atom is 0.252 e. The van der Waals surface area contributed by atoms with Crippen LogP contribution in [0.15, 0.2) is 46.3 Å². The molecule has 0 bridgehead atoms. The Bertz CT molecular complexity index is 1290. The lowest BCUT2D eigenvalue weighted by Gasteiger charge is -2.04. The summed E-state index contributed by atoms with van der Waals surface area (Å²) in [6, 6.07) is 10.5. The van der Waals surface area contributed by atoms with Crippen molar-refractivity contribution in [2.24, 2.45) is 4.99 Å². The van der Waals surface area contributed by atoms with Gasteiger partial charge in [0.15, 0.2) is 14.6 Å². The molecule has 0 aliphatic rings. The Balaban J connectivity index is 1.94. The highest BCUT2D eigenvalue weighted by Gasteiger charge is 2.12. The van der Waals surface area contributed by atoms with Gasteiger partial charge in [-0.05, 0) is 54.8 Å². The Hall–Kier alpha value is -2.69. The summed E-state index contributed by atoms with van der Waals surface area (Å²) in [5.74, 6) is 2.37. The third-order valence-corrected chi connectivity index (χ3v) is 7.58. The summed E-state index contributed by atoms with van der Waals surface area (Å²) < 4.78 is 26.7. The van der Waals surface area contributed by atoms with Crippen molar-refractivity contribution in [1.82, 2.24) is 4.57 Å². The maximum absolute atomic E-state index is 12.5. The predicted octanol–water partition coefficient (Wildman–Crippen LogP) is 3.42. The summed E-state index contributed by atoms with van der Waals surface area (Å²) in [7, 11) is -3.25. The van der Waals surface area contributed by atoms with Crippen molar-refractivity contribution in [3.63, 3.8) is 0 Å². The van der Waals surface area contributed by atoms with Gasteiger partial charge >= 0.3 is 0 Å². The van der Waals surface area contributed by atoms with Crippen LogP contribution in [0.3, 0.4) is 0 Å². The van der Waals surface area contributed by atoms with Crippen molar-refractivity contribution in [1.29, 1.82) is 0 Å². The summed E-state index contributed by atoms with van der Waals surface area (Å²) >= 11 is 1.43. The Morgan fingerprint density at radius 1 is 1.17 bits per heavy atom. The number of hydrogen-bond acceptors (Lipinski definition) is 4. The number of thiazole rings is 1. The van der Waals surface area contributed by atoms with E-state index in [1.165, 1.54) is 29.0 Å². The lowest BCUT2D eigenvalue weighted by Crippen LogP contribution is -2.17. The number of hydrogen-bond donors (Lipinski definition) is 0. The molecule has 7 heteroatoms. The molecule has 0 aliphatic heterocycles. The van der Waals surface area contributed by atoms with Gasteiger partial charge in [0.2, 0.25) is 0 Å². The van der Waals surface area contributed by atoms with E-state index >= 15 is 0 Å². The first-order valence-corrected chi connectivity index (χ1v) is 11.7. The fourth-order valence-electron chi connectivity index (χ4n) is 2.95. The molecule has 0 N–H and O–H groups in total. The van der Waals surface area contributed by atoms with Gasteiger partial charge in [-0.25, -0.2) is 8.42 Å². The molecule has 0 saturated heterocycles. The largest absolute Gasteiger partial charge is 0.305 e. The van der Waals surface area contributed by atoms with E-state index in [-0.39, 0.29) is 23.0 Å². The minimum absolute atomic E-state index is 0.0423. The summed E-state index contributed by atoms with van der Waals surface area (Å²) in [5, 5.41) is 0. The zero-order chi connectivity index (χ0) is 21.2. The molecule has 1 amide bonds. The van der Waals surface area contributed by atoms with E-state index in [2.05, 4.69) is 23.0 Å². The topological polar surface area (TPSA) is 68.5 Å². The molecular weight excluding hydrogens is 404 g/mol. The molecule has 0 saturated carbocycles. The zero-order valence-corrected chi connectivity index (χ0v) is 18.2. The first kappa shape index (κ1) is 21.0. The third-order valence-electron chi connectivity index (χ3n) is 4.79. The molecule has 3 aromatic rings. The van der Waals surface area contributed by atoms with Crippen molar-refractivity contribution < 1.29 is 13.2 Å². The van der Waals surface area contributed by atoms with E-state index in [4.69, 9.17) is 6.42 Å². The van der Waals surface area contributed by atoms with Gasteiger partial charge in [-0.2, -0.15) is 4.99 Å². The van der Waals surface area contributed by atoms with Gasteiger partial charge in [0.05, 0.1) is 33.8 Å². The van der Waals surface area contributed by atoms with Gasteiger partial charge in [-0.3, -0.25) is 4.79 Å². The molecule has 0 aliphatic carbocycles. The summed E-state index contributed by atoms with van der Waals surface area (Å²) in [5.41, 5.74) is 4.01. The Labute approximate surface area is 174 Å². The number of benzene rings is 2. The second-order valence-electron chi connectivity index (χ2n) is 6.81. The quantitative estimate of drug-likeness (QED) is 0.587. The van der Waals surface area contributed by atoms with E-state index in [0.29, 0.717) is 16.9 Å². The highest BCUT2D eigenvalue weighted by atomic mass is 32.2. The molecule has 0 spiro atoms. The predicted molar refractivity (Wildman–Crippen MR) is 117 cm³/mol. The van der Waals surface area contributed by atoms with Crippen molar-refractivity contribution >= 4 is 37.3 Å². The van der Waals surface area contributed by atoms with Crippen molar-refractivity contribution in [3.8, 4) is 12.3 Å². The number of aromatic nitrogens is 1. The van der Waals surface area contributed by atoms with Crippen LogP contribution in [0.1, 0.15) is 23.6 Å². The second-order valence-corrected chi connectivity index (χ2v) is 10.1. The number of terminal acetylenes is 1. The molecule has 0 fully saturated rings. The summed E-state index contributed by atoms with van der Waals surface area (Å²) in [6.07, 6.45) is 5.61. The smallest absolute Gasteiger partial charge is 0.252 e. The van der Waals surface area contributed by atoms with E-state index in [9.17, 15) is 13.2 Å². The average molecular weight is 427 g/mol.